The summed E-state index contributed by atoms with van der Waals surface area (Å²) in [7, 11) is 3.32. The van der Waals surface area contributed by atoms with E-state index >= 15 is 0 Å². The molecule has 6 heteroatoms. The number of benzene rings is 1. The molecular weight excluding hydrogens is 288 g/mol. The highest BCUT2D eigenvalue weighted by Crippen LogP contribution is 2.24. The largest absolute Gasteiger partial charge is 0.496 e. The van der Waals surface area contributed by atoms with Gasteiger partial charge in [-0.25, -0.2) is 0 Å². The predicted molar refractivity (Wildman–Crippen MR) is 83.9 cm³/mol. The topological polar surface area (TPSA) is 63.3 Å². The Bertz CT molecular complexity index is 636. The monoisotopic (exact) mass is 308 g/mol. The molecule has 0 radical (unpaired) electrons. The molecule has 2 aromatic rings. The van der Waals surface area contributed by atoms with Gasteiger partial charge in [-0.3, -0.25) is 4.79 Å². The van der Waals surface area contributed by atoms with Crippen molar-refractivity contribution in [3.63, 3.8) is 0 Å². The summed E-state index contributed by atoms with van der Waals surface area (Å²) in [4.78, 5) is 13.9. The molecule has 1 aromatic heterocycles. The van der Waals surface area contributed by atoms with Crippen LogP contribution in [0.15, 0.2) is 28.4 Å². The molecule has 2 rings (SSSR count). The lowest BCUT2D eigenvalue weighted by Gasteiger charge is -2.16. The molecule has 0 spiro atoms. The molecule has 1 heterocycles. The Morgan fingerprint density at radius 2 is 2.19 bits per heavy atom. The first kappa shape index (κ1) is 15.8. The summed E-state index contributed by atoms with van der Waals surface area (Å²) in [5.41, 5.74) is 3.08. The van der Waals surface area contributed by atoms with Gasteiger partial charge in [-0.05, 0) is 24.6 Å². The van der Waals surface area contributed by atoms with E-state index in [-0.39, 0.29) is 10.9 Å². The highest BCUT2D eigenvalue weighted by atomic mass is 32.1. The standard InChI is InChI=1S/C15H20N2O3S/c1-10(16-7-13-9-21-15(18)17-13)11-4-5-14(20-3)12(6-11)8-19-2/h4-6,9-10,16H,7-8H2,1-3H3,(H,17,18). The summed E-state index contributed by atoms with van der Waals surface area (Å²) < 4.78 is 10.5. The number of H-pyrrole nitrogens is 1. The van der Waals surface area contributed by atoms with Gasteiger partial charge >= 0.3 is 4.87 Å². The lowest BCUT2D eigenvalue weighted by atomic mass is 10.0. The lowest BCUT2D eigenvalue weighted by Crippen LogP contribution is -2.19. The van der Waals surface area contributed by atoms with Gasteiger partial charge in [-0.2, -0.15) is 0 Å². The van der Waals surface area contributed by atoms with E-state index in [0.29, 0.717) is 13.2 Å². The van der Waals surface area contributed by atoms with Crippen LogP contribution in [0.5, 0.6) is 5.75 Å². The smallest absolute Gasteiger partial charge is 0.304 e. The van der Waals surface area contributed by atoms with Crippen LogP contribution < -0.4 is 14.9 Å². The number of aromatic amines is 1. The molecule has 114 valence electrons. The highest BCUT2D eigenvalue weighted by Gasteiger charge is 2.10. The SMILES string of the molecule is COCc1cc(C(C)NCc2csc(=O)[nH]2)ccc1OC. The van der Waals surface area contributed by atoms with Crippen molar-refractivity contribution in [1.82, 2.24) is 10.3 Å². The Balaban J connectivity index is 2.05. The number of nitrogens with one attached hydrogen (secondary N) is 2. The minimum absolute atomic E-state index is 0.0220. The molecular formula is C15H20N2O3S. The number of ether oxygens (including phenoxy) is 2. The van der Waals surface area contributed by atoms with E-state index in [1.165, 1.54) is 11.3 Å². The van der Waals surface area contributed by atoms with Crippen LogP contribution >= 0.6 is 11.3 Å². The molecule has 0 saturated carbocycles. The first-order chi connectivity index (χ1) is 10.1. The Labute approximate surface area is 127 Å². The number of aromatic nitrogens is 1. The third-order valence-corrected chi connectivity index (χ3v) is 3.99. The van der Waals surface area contributed by atoms with Crippen LogP contribution in [0.1, 0.15) is 29.8 Å². The fourth-order valence-corrected chi connectivity index (χ4v) is 2.70. The molecule has 0 fully saturated rings. The fraction of sp³-hybridized carbons (Fsp3) is 0.400. The minimum Gasteiger partial charge on any atom is -0.496 e. The fourth-order valence-electron chi connectivity index (χ4n) is 2.12. The maximum atomic E-state index is 11.1. The van der Waals surface area contributed by atoms with E-state index in [4.69, 9.17) is 9.47 Å². The summed E-state index contributed by atoms with van der Waals surface area (Å²) in [6.45, 7) is 3.23. The van der Waals surface area contributed by atoms with Gasteiger partial charge in [-0.1, -0.05) is 17.4 Å². The van der Waals surface area contributed by atoms with Gasteiger partial charge in [0.1, 0.15) is 5.75 Å². The lowest BCUT2D eigenvalue weighted by molar-refractivity contribution is 0.181. The Morgan fingerprint density at radius 1 is 1.38 bits per heavy atom. The molecule has 0 amide bonds. The van der Waals surface area contributed by atoms with Crippen LogP contribution in [0.25, 0.3) is 0 Å². The number of hydrogen-bond donors (Lipinski definition) is 2. The third-order valence-electron chi connectivity index (χ3n) is 3.27. The van der Waals surface area contributed by atoms with Crippen molar-refractivity contribution in [2.75, 3.05) is 14.2 Å². The van der Waals surface area contributed by atoms with Gasteiger partial charge in [0.05, 0.1) is 13.7 Å². The normalized spacial score (nSPS) is 12.3. The van der Waals surface area contributed by atoms with E-state index in [1.807, 2.05) is 17.5 Å². The summed E-state index contributed by atoms with van der Waals surface area (Å²) in [5.74, 6) is 0.829. The predicted octanol–water partition coefficient (Wildman–Crippen LogP) is 2.44. The second-order valence-corrected chi connectivity index (χ2v) is 5.62. The first-order valence-electron chi connectivity index (χ1n) is 6.70. The Kier molecular flexibility index (Phi) is 5.55. The maximum Gasteiger partial charge on any atom is 0.304 e. The molecule has 0 bridgehead atoms. The van der Waals surface area contributed by atoms with E-state index in [1.54, 1.807) is 14.2 Å². The van der Waals surface area contributed by atoms with Crippen molar-refractivity contribution in [3.05, 3.63) is 50.1 Å². The van der Waals surface area contributed by atoms with Crippen molar-refractivity contribution in [3.8, 4) is 5.75 Å². The van der Waals surface area contributed by atoms with E-state index in [0.717, 1.165) is 22.6 Å². The minimum atomic E-state index is -0.0220. The van der Waals surface area contributed by atoms with Crippen molar-refractivity contribution in [2.45, 2.75) is 26.1 Å². The van der Waals surface area contributed by atoms with Crippen molar-refractivity contribution in [2.24, 2.45) is 0 Å². The Hall–Kier alpha value is -1.63. The summed E-state index contributed by atoms with van der Waals surface area (Å²) in [5, 5.41) is 5.23. The summed E-state index contributed by atoms with van der Waals surface area (Å²) >= 11 is 1.18. The number of methoxy groups -OCH3 is 2. The number of hydrogen-bond acceptors (Lipinski definition) is 5. The average Bonchev–Trinajstić information content (AvgIpc) is 2.90. The molecule has 0 aliphatic heterocycles. The van der Waals surface area contributed by atoms with Gasteiger partial charge in [-0.15, -0.1) is 0 Å². The number of rotatable bonds is 7. The second kappa shape index (κ2) is 7.40. The zero-order valence-corrected chi connectivity index (χ0v) is 13.3. The van der Waals surface area contributed by atoms with Gasteiger partial charge in [0.2, 0.25) is 0 Å². The molecule has 2 N–H and O–H groups in total. The highest BCUT2D eigenvalue weighted by molar-refractivity contribution is 7.07. The first-order valence-corrected chi connectivity index (χ1v) is 7.57. The van der Waals surface area contributed by atoms with Crippen LogP contribution in [0, 0.1) is 0 Å². The quantitative estimate of drug-likeness (QED) is 0.824. The van der Waals surface area contributed by atoms with Gasteiger partial charge in [0.15, 0.2) is 0 Å². The van der Waals surface area contributed by atoms with Crippen molar-refractivity contribution in [1.29, 1.82) is 0 Å². The third kappa shape index (κ3) is 4.17. The molecule has 21 heavy (non-hydrogen) atoms. The maximum absolute atomic E-state index is 11.1. The number of thiazole rings is 1. The summed E-state index contributed by atoms with van der Waals surface area (Å²) in [6, 6.07) is 6.23. The molecule has 0 aliphatic rings. The van der Waals surface area contributed by atoms with Crippen molar-refractivity contribution >= 4 is 11.3 Å². The zero-order valence-electron chi connectivity index (χ0n) is 12.4. The molecule has 1 aromatic carbocycles. The molecule has 0 aliphatic carbocycles. The van der Waals surface area contributed by atoms with Crippen LogP contribution in [0.2, 0.25) is 0 Å². The average molecular weight is 308 g/mol. The second-order valence-electron chi connectivity index (χ2n) is 4.78. The zero-order chi connectivity index (χ0) is 15.2. The molecule has 5 nitrogen and oxygen atoms in total. The Morgan fingerprint density at radius 3 is 2.81 bits per heavy atom. The van der Waals surface area contributed by atoms with Crippen LogP contribution in [0.3, 0.4) is 0 Å². The van der Waals surface area contributed by atoms with Crippen LogP contribution in [-0.2, 0) is 17.9 Å². The van der Waals surface area contributed by atoms with Crippen LogP contribution in [0.4, 0.5) is 0 Å². The summed E-state index contributed by atoms with van der Waals surface area (Å²) in [6.07, 6.45) is 0. The molecule has 0 saturated heterocycles. The van der Waals surface area contributed by atoms with Gasteiger partial charge in [0.25, 0.3) is 0 Å². The molecule has 1 atom stereocenters. The van der Waals surface area contributed by atoms with Crippen molar-refractivity contribution < 1.29 is 9.47 Å². The van der Waals surface area contributed by atoms with Crippen LogP contribution in [-0.4, -0.2) is 19.2 Å². The van der Waals surface area contributed by atoms with Gasteiger partial charge in [0, 0.05) is 36.3 Å². The van der Waals surface area contributed by atoms with Gasteiger partial charge < -0.3 is 19.8 Å². The van der Waals surface area contributed by atoms with E-state index in [2.05, 4.69) is 23.3 Å². The van der Waals surface area contributed by atoms with E-state index < -0.39 is 0 Å². The molecule has 1 unspecified atom stereocenters. The van der Waals surface area contributed by atoms with E-state index in [9.17, 15) is 4.79 Å².